The van der Waals surface area contributed by atoms with Crippen LogP contribution in [0.15, 0.2) is 55.2 Å². The Bertz CT molecular complexity index is 696. The topological polar surface area (TPSA) is 55.6 Å². The summed E-state index contributed by atoms with van der Waals surface area (Å²) in [6.07, 6.45) is 4.65. The van der Waals surface area contributed by atoms with Gasteiger partial charge in [-0.2, -0.15) is 5.10 Å². The zero-order chi connectivity index (χ0) is 13.8. The summed E-state index contributed by atoms with van der Waals surface area (Å²) in [5.74, 6) is -0.133. The Morgan fingerprint density at radius 1 is 1.15 bits per heavy atom. The van der Waals surface area contributed by atoms with Gasteiger partial charge in [0.25, 0.3) is 0 Å². The van der Waals surface area contributed by atoms with Crippen molar-refractivity contribution >= 4 is 5.82 Å². The van der Waals surface area contributed by atoms with Gasteiger partial charge in [-0.15, -0.1) is 0 Å². The van der Waals surface area contributed by atoms with Gasteiger partial charge < -0.3 is 5.32 Å². The standard InChI is InChI=1S/C14H12FN5/c15-12-5-3-7-17-14(12)18-8-11-4-1-2-6-13(11)20-10-16-9-19-20/h1-7,9-10H,8H2,(H,17,18). The lowest BCUT2D eigenvalue weighted by atomic mass is 10.2. The first-order chi connectivity index (χ1) is 9.84. The Morgan fingerprint density at radius 2 is 2.05 bits per heavy atom. The molecular formula is C14H12FN5. The number of nitrogens with zero attached hydrogens (tertiary/aromatic N) is 4. The number of anilines is 1. The van der Waals surface area contributed by atoms with Crippen LogP contribution in [0.1, 0.15) is 5.56 Å². The van der Waals surface area contributed by atoms with Crippen LogP contribution in [-0.4, -0.2) is 19.7 Å². The first-order valence-corrected chi connectivity index (χ1v) is 6.12. The van der Waals surface area contributed by atoms with Gasteiger partial charge in [0.05, 0.1) is 5.69 Å². The molecule has 3 aromatic rings. The number of hydrogen-bond donors (Lipinski definition) is 1. The molecular weight excluding hydrogens is 257 g/mol. The van der Waals surface area contributed by atoms with Crippen molar-refractivity contribution in [2.45, 2.75) is 6.54 Å². The molecule has 20 heavy (non-hydrogen) atoms. The van der Waals surface area contributed by atoms with Gasteiger partial charge in [-0.25, -0.2) is 19.0 Å². The number of benzene rings is 1. The zero-order valence-corrected chi connectivity index (χ0v) is 10.6. The number of pyridine rings is 1. The maximum atomic E-state index is 13.5. The summed E-state index contributed by atoms with van der Waals surface area (Å²) in [5, 5.41) is 7.09. The van der Waals surface area contributed by atoms with Crippen LogP contribution in [0, 0.1) is 5.82 Å². The van der Waals surface area contributed by atoms with Crippen molar-refractivity contribution in [2.75, 3.05) is 5.32 Å². The quantitative estimate of drug-likeness (QED) is 0.790. The third kappa shape index (κ3) is 2.49. The third-order valence-electron chi connectivity index (χ3n) is 2.86. The number of hydrogen-bond acceptors (Lipinski definition) is 4. The van der Waals surface area contributed by atoms with E-state index in [0.29, 0.717) is 6.54 Å². The fourth-order valence-corrected chi connectivity index (χ4v) is 1.91. The molecule has 5 nitrogen and oxygen atoms in total. The third-order valence-corrected chi connectivity index (χ3v) is 2.86. The average Bonchev–Trinajstić information content (AvgIpc) is 3.01. The molecule has 0 amide bonds. The van der Waals surface area contributed by atoms with Gasteiger partial charge in [0.2, 0.25) is 0 Å². The molecule has 1 N–H and O–H groups in total. The highest BCUT2D eigenvalue weighted by molar-refractivity contribution is 5.43. The van der Waals surface area contributed by atoms with Crippen LogP contribution in [-0.2, 0) is 6.54 Å². The summed E-state index contributed by atoms with van der Waals surface area (Å²) in [4.78, 5) is 7.90. The molecule has 0 aliphatic rings. The molecule has 1 aromatic carbocycles. The highest BCUT2D eigenvalue weighted by atomic mass is 19.1. The molecule has 0 fully saturated rings. The molecule has 3 rings (SSSR count). The van der Waals surface area contributed by atoms with E-state index in [4.69, 9.17) is 0 Å². The summed E-state index contributed by atoms with van der Waals surface area (Å²) < 4.78 is 15.2. The first kappa shape index (κ1) is 12.3. The summed E-state index contributed by atoms with van der Waals surface area (Å²) in [5.41, 5.74) is 1.87. The molecule has 0 saturated carbocycles. The fourth-order valence-electron chi connectivity index (χ4n) is 1.91. The van der Waals surface area contributed by atoms with E-state index in [0.717, 1.165) is 11.3 Å². The Labute approximate surface area is 115 Å². The van der Waals surface area contributed by atoms with E-state index in [1.807, 2.05) is 24.3 Å². The van der Waals surface area contributed by atoms with Crippen molar-refractivity contribution in [1.29, 1.82) is 0 Å². The lowest BCUT2D eigenvalue weighted by molar-refractivity contribution is 0.624. The van der Waals surface area contributed by atoms with Gasteiger partial charge >= 0.3 is 0 Å². The Morgan fingerprint density at radius 3 is 2.85 bits per heavy atom. The molecule has 0 atom stereocenters. The molecule has 0 spiro atoms. The molecule has 0 radical (unpaired) electrons. The van der Waals surface area contributed by atoms with Gasteiger partial charge in [-0.3, -0.25) is 0 Å². The van der Waals surface area contributed by atoms with E-state index in [2.05, 4.69) is 20.4 Å². The summed E-state index contributed by atoms with van der Waals surface area (Å²) in [6, 6.07) is 10.7. The van der Waals surface area contributed by atoms with Crippen LogP contribution in [0.4, 0.5) is 10.2 Å². The fraction of sp³-hybridized carbons (Fsp3) is 0.0714. The van der Waals surface area contributed by atoms with Gasteiger partial charge in [0, 0.05) is 12.7 Å². The van der Waals surface area contributed by atoms with Crippen LogP contribution < -0.4 is 5.32 Å². The normalized spacial score (nSPS) is 10.4. The highest BCUT2D eigenvalue weighted by Gasteiger charge is 2.06. The Kier molecular flexibility index (Phi) is 3.36. The lowest BCUT2D eigenvalue weighted by Gasteiger charge is -2.10. The monoisotopic (exact) mass is 269 g/mol. The second kappa shape index (κ2) is 5.48. The van der Waals surface area contributed by atoms with Gasteiger partial charge in [0.15, 0.2) is 11.6 Å². The van der Waals surface area contributed by atoms with E-state index in [1.165, 1.54) is 12.4 Å². The van der Waals surface area contributed by atoms with Gasteiger partial charge in [-0.05, 0) is 23.8 Å². The predicted molar refractivity (Wildman–Crippen MR) is 72.9 cm³/mol. The number of para-hydroxylation sites is 1. The SMILES string of the molecule is Fc1cccnc1NCc1ccccc1-n1cncn1. The summed E-state index contributed by atoms with van der Waals surface area (Å²) in [7, 11) is 0. The van der Waals surface area contributed by atoms with E-state index in [9.17, 15) is 4.39 Å². The maximum Gasteiger partial charge on any atom is 0.165 e. The van der Waals surface area contributed by atoms with Crippen LogP contribution in [0.25, 0.3) is 5.69 Å². The number of rotatable bonds is 4. The lowest BCUT2D eigenvalue weighted by Crippen LogP contribution is -2.07. The van der Waals surface area contributed by atoms with Crippen molar-refractivity contribution in [2.24, 2.45) is 0 Å². The van der Waals surface area contributed by atoms with E-state index >= 15 is 0 Å². The minimum Gasteiger partial charge on any atom is -0.363 e. The van der Waals surface area contributed by atoms with E-state index in [-0.39, 0.29) is 11.6 Å². The van der Waals surface area contributed by atoms with Crippen LogP contribution in [0.2, 0.25) is 0 Å². The molecule has 2 heterocycles. The molecule has 2 aromatic heterocycles. The second-order valence-corrected chi connectivity index (χ2v) is 4.16. The number of nitrogens with one attached hydrogen (secondary N) is 1. The molecule has 100 valence electrons. The van der Waals surface area contributed by atoms with Crippen LogP contribution in [0.3, 0.4) is 0 Å². The zero-order valence-electron chi connectivity index (χ0n) is 10.6. The summed E-state index contributed by atoms with van der Waals surface area (Å²) >= 11 is 0. The minimum absolute atomic E-state index is 0.237. The molecule has 0 saturated heterocycles. The second-order valence-electron chi connectivity index (χ2n) is 4.16. The first-order valence-electron chi connectivity index (χ1n) is 6.12. The number of aromatic nitrogens is 4. The Balaban J connectivity index is 1.84. The largest absolute Gasteiger partial charge is 0.363 e. The molecule has 0 unspecified atom stereocenters. The van der Waals surface area contributed by atoms with Crippen molar-refractivity contribution in [1.82, 2.24) is 19.7 Å². The summed E-state index contributed by atoms with van der Waals surface area (Å²) in [6.45, 7) is 0.448. The Hall–Kier alpha value is -2.76. The van der Waals surface area contributed by atoms with Crippen molar-refractivity contribution in [3.05, 3.63) is 66.6 Å². The van der Waals surface area contributed by atoms with Crippen molar-refractivity contribution < 1.29 is 4.39 Å². The molecule has 0 aliphatic heterocycles. The van der Waals surface area contributed by atoms with Crippen molar-refractivity contribution in [3.63, 3.8) is 0 Å². The van der Waals surface area contributed by atoms with Crippen LogP contribution in [0.5, 0.6) is 0 Å². The maximum absolute atomic E-state index is 13.5. The van der Waals surface area contributed by atoms with Gasteiger partial charge in [0.1, 0.15) is 12.7 Å². The van der Waals surface area contributed by atoms with Crippen LogP contribution >= 0.6 is 0 Å². The minimum atomic E-state index is -0.370. The van der Waals surface area contributed by atoms with Crippen molar-refractivity contribution in [3.8, 4) is 5.69 Å². The average molecular weight is 269 g/mol. The highest BCUT2D eigenvalue weighted by Crippen LogP contribution is 2.16. The molecule has 0 bridgehead atoms. The predicted octanol–water partition coefficient (Wildman–Crippen LogP) is 2.41. The van der Waals surface area contributed by atoms with E-state index in [1.54, 1.807) is 23.3 Å². The molecule has 0 aliphatic carbocycles. The smallest absolute Gasteiger partial charge is 0.165 e. The van der Waals surface area contributed by atoms with E-state index < -0.39 is 0 Å². The number of halogens is 1. The molecule has 6 heteroatoms. The van der Waals surface area contributed by atoms with Gasteiger partial charge in [-0.1, -0.05) is 18.2 Å².